The molecule has 0 spiro atoms. The van der Waals surface area contributed by atoms with E-state index in [2.05, 4.69) is 16.0 Å². The minimum Gasteiger partial charge on any atom is -0.495 e. The molecule has 0 radical (unpaired) electrons. The Morgan fingerprint density at radius 3 is 2.37 bits per heavy atom. The van der Waals surface area contributed by atoms with Gasteiger partial charge in [-0.15, -0.1) is 0 Å². The zero-order valence-electron chi connectivity index (χ0n) is 16.5. The lowest BCUT2D eigenvalue weighted by Crippen LogP contribution is -2.41. The van der Waals surface area contributed by atoms with E-state index < -0.39 is 6.04 Å². The average molecular weight is 369 g/mol. The molecule has 6 heteroatoms. The fourth-order valence-electron chi connectivity index (χ4n) is 2.75. The quantitative estimate of drug-likeness (QED) is 0.700. The molecule has 0 aliphatic carbocycles. The Kier molecular flexibility index (Phi) is 6.82. The van der Waals surface area contributed by atoms with Gasteiger partial charge in [0.25, 0.3) is 0 Å². The first-order valence-corrected chi connectivity index (χ1v) is 8.86. The number of methoxy groups -OCH3 is 1. The number of hydrogen-bond donors (Lipinski definition) is 3. The number of hydrogen-bond acceptors (Lipinski definition) is 4. The molecule has 0 heterocycles. The second kappa shape index (κ2) is 9.07. The van der Waals surface area contributed by atoms with E-state index in [1.54, 1.807) is 14.0 Å². The zero-order valence-corrected chi connectivity index (χ0v) is 16.5. The van der Waals surface area contributed by atoms with Crippen LogP contribution in [-0.2, 0) is 9.59 Å². The molecular weight excluding hydrogens is 342 g/mol. The van der Waals surface area contributed by atoms with Crippen LogP contribution >= 0.6 is 0 Å². The molecule has 2 amide bonds. The number of carbonyl (C=O) groups is 2. The van der Waals surface area contributed by atoms with Gasteiger partial charge in [-0.1, -0.05) is 24.3 Å². The summed E-state index contributed by atoms with van der Waals surface area (Å²) in [5, 5.41) is 8.64. The van der Waals surface area contributed by atoms with Gasteiger partial charge in [0.05, 0.1) is 19.3 Å². The van der Waals surface area contributed by atoms with Crippen molar-refractivity contribution < 1.29 is 14.3 Å². The van der Waals surface area contributed by atoms with E-state index in [1.807, 2.05) is 57.2 Å². The van der Waals surface area contributed by atoms with Crippen LogP contribution in [0.25, 0.3) is 0 Å². The average Bonchev–Trinajstić information content (AvgIpc) is 2.63. The molecule has 27 heavy (non-hydrogen) atoms. The lowest BCUT2D eigenvalue weighted by Gasteiger charge is -2.18. The molecule has 2 rings (SSSR count). The number of amides is 2. The Hall–Kier alpha value is -3.02. The van der Waals surface area contributed by atoms with E-state index >= 15 is 0 Å². The number of nitrogens with one attached hydrogen (secondary N) is 3. The highest BCUT2D eigenvalue weighted by molar-refractivity contribution is 5.96. The number of para-hydroxylation sites is 1. The second-order valence-corrected chi connectivity index (χ2v) is 6.60. The summed E-state index contributed by atoms with van der Waals surface area (Å²) in [4.78, 5) is 24.5. The Labute approximate surface area is 160 Å². The van der Waals surface area contributed by atoms with E-state index in [4.69, 9.17) is 4.74 Å². The lowest BCUT2D eigenvalue weighted by atomic mass is 10.1. The van der Waals surface area contributed by atoms with Crippen LogP contribution in [0.5, 0.6) is 5.75 Å². The van der Waals surface area contributed by atoms with E-state index in [9.17, 15) is 9.59 Å². The van der Waals surface area contributed by atoms with E-state index in [-0.39, 0.29) is 18.4 Å². The van der Waals surface area contributed by atoms with Crippen LogP contribution in [0.1, 0.15) is 23.6 Å². The maximum absolute atomic E-state index is 12.3. The first-order chi connectivity index (χ1) is 12.8. The molecule has 2 aromatic carbocycles. The van der Waals surface area contributed by atoms with Crippen molar-refractivity contribution in [2.24, 2.45) is 0 Å². The maximum Gasteiger partial charge on any atom is 0.243 e. The number of anilines is 2. The third-order valence-corrected chi connectivity index (χ3v) is 4.29. The first kappa shape index (κ1) is 20.3. The summed E-state index contributed by atoms with van der Waals surface area (Å²) in [7, 11) is 1.58. The molecule has 0 unspecified atom stereocenters. The Morgan fingerprint density at radius 1 is 1.07 bits per heavy atom. The van der Waals surface area contributed by atoms with Crippen molar-refractivity contribution >= 4 is 23.2 Å². The van der Waals surface area contributed by atoms with E-state index in [0.29, 0.717) is 5.75 Å². The van der Waals surface area contributed by atoms with Gasteiger partial charge in [-0.2, -0.15) is 0 Å². The van der Waals surface area contributed by atoms with Crippen molar-refractivity contribution in [3.05, 3.63) is 53.1 Å². The highest BCUT2D eigenvalue weighted by Gasteiger charge is 2.16. The van der Waals surface area contributed by atoms with E-state index in [1.165, 1.54) is 0 Å². The summed E-state index contributed by atoms with van der Waals surface area (Å²) < 4.78 is 5.31. The molecule has 144 valence electrons. The predicted octanol–water partition coefficient (Wildman–Crippen LogP) is 3.18. The fourth-order valence-corrected chi connectivity index (χ4v) is 2.75. The van der Waals surface area contributed by atoms with Crippen LogP contribution in [-0.4, -0.2) is 31.5 Å². The first-order valence-electron chi connectivity index (χ1n) is 8.86. The van der Waals surface area contributed by atoms with Crippen LogP contribution in [0.15, 0.2) is 36.4 Å². The van der Waals surface area contributed by atoms with Crippen LogP contribution in [0.4, 0.5) is 11.4 Å². The zero-order chi connectivity index (χ0) is 20.0. The van der Waals surface area contributed by atoms with Gasteiger partial charge >= 0.3 is 0 Å². The number of ether oxygens (including phenoxy) is 1. The van der Waals surface area contributed by atoms with Crippen molar-refractivity contribution in [1.82, 2.24) is 5.32 Å². The van der Waals surface area contributed by atoms with Gasteiger partial charge in [-0.05, 0) is 56.5 Å². The molecule has 2 aromatic rings. The molecule has 1 atom stereocenters. The Balaban J connectivity index is 1.91. The third kappa shape index (κ3) is 5.48. The van der Waals surface area contributed by atoms with Crippen molar-refractivity contribution in [1.29, 1.82) is 0 Å². The lowest BCUT2D eigenvalue weighted by molar-refractivity contribution is -0.124. The fraction of sp³-hybridized carbons (Fsp3) is 0.333. The standard InChI is InChI=1S/C21H27N3O3/c1-13-9-10-18(27-5)17(11-13)23-16(4)21(26)22-12-19(25)24-20-14(2)7-6-8-15(20)3/h6-11,16,23H,12H2,1-5H3,(H,22,26)(H,24,25)/t16-/m0/s1. The highest BCUT2D eigenvalue weighted by Crippen LogP contribution is 2.25. The Morgan fingerprint density at radius 2 is 1.74 bits per heavy atom. The molecule has 0 aliphatic rings. The highest BCUT2D eigenvalue weighted by atomic mass is 16.5. The minimum absolute atomic E-state index is 0.0937. The predicted molar refractivity (Wildman–Crippen MR) is 108 cm³/mol. The minimum atomic E-state index is -0.520. The molecular formula is C21H27N3O3. The van der Waals surface area contributed by atoms with Gasteiger partial charge < -0.3 is 20.7 Å². The largest absolute Gasteiger partial charge is 0.495 e. The summed E-state index contributed by atoms with van der Waals surface area (Å²) >= 11 is 0. The number of rotatable bonds is 7. The van der Waals surface area contributed by atoms with Gasteiger partial charge in [0.1, 0.15) is 11.8 Å². The molecule has 6 nitrogen and oxygen atoms in total. The summed E-state index contributed by atoms with van der Waals surface area (Å²) in [6.45, 7) is 7.47. The van der Waals surface area contributed by atoms with Gasteiger partial charge in [-0.3, -0.25) is 9.59 Å². The van der Waals surface area contributed by atoms with Crippen LogP contribution < -0.4 is 20.7 Å². The molecule has 3 N–H and O–H groups in total. The molecule has 0 saturated heterocycles. The van der Waals surface area contributed by atoms with Gasteiger partial charge in [0.15, 0.2) is 0 Å². The van der Waals surface area contributed by atoms with Gasteiger partial charge in [0, 0.05) is 5.69 Å². The number of benzene rings is 2. The molecule has 0 aromatic heterocycles. The Bertz CT molecular complexity index is 813. The topological polar surface area (TPSA) is 79.5 Å². The number of aryl methyl sites for hydroxylation is 3. The molecule has 0 saturated carbocycles. The van der Waals surface area contributed by atoms with Gasteiger partial charge in [0.2, 0.25) is 11.8 Å². The summed E-state index contributed by atoms with van der Waals surface area (Å²) in [5.41, 5.74) is 4.54. The third-order valence-electron chi connectivity index (χ3n) is 4.29. The van der Waals surface area contributed by atoms with E-state index in [0.717, 1.165) is 28.1 Å². The summed E-state index contributed by atoms with van der Waals surface area (Å²) in [6.07, 6.45) is 0. The van der Waals surface area contributed by atoms with Crippen LogP contribution in [0.3, 0.4) is 0 Å². The smallest absolute Gasteiger partial charge is 0.243 e. The SMILES string of the molecule is COc1ccc(C)cc1N[C@@H](C)C(=O)NCC(=O)Nc1c(C)cccc1C. The second-order valence-electron chi connectivity index (χ2n) is 6.60. The molecule has 0 fully saturated rings. The summed E-state index contributed by atoms with van der Waals surface area (Å²) in [5.74, 6) is 0.129. The van der Waals surface area contributed by atoms with Crippen molar-refractivity contribution in [2.75, 3.05) is 24.3 Å². The monoisotopic (exact) mass is 369 g/mol. The van der Waals surface area contributed by atoms with Crippen LogP contribution in [0.2, 0.25) is 0 Å². The van der Waals surface area contributed by atoms with Crippen LogP contribution in [0, 0.1) is 20.8 Å². The molecule has 0 aliphatic heterocycles. The number of carbonyl (C=O) groups excluding carboxylic acids is 2. The van der Waals surface area contributed by atoms with Crippen molar-refractivity contribution in [2.45, 2.75) is 33.7 Å². The van der Waals surface area contributed by atoms with Crippen molar-refractivity contribution in [3.63, 3.8) is 0 Å². The normalized spacial score (nSPS) is 11.4. The summed E-state index contributed by atoms with van der Waals surface area (Å²) in [6, 6.07) is 11.0. The van der Waals surface area contributed by atoms with Gasteiger partial charge in [-0.25, -0.2) is 0 Å². The molecule has 0 bridgehead atoms. The maximum atomic E-state index is 12.3. The van der Waals surface area contributed by atoms with Crippen molar-refractivity contribution in [3.8, 4) is 5.75 Å².